The molecule has 29 heavy (non-hydrogen) atoms. The van der Waals surface area contributed by atoms with E-state index in [1.54, 1.807) is 39.5 Å². The van der Waals surface area contributed by atoms with Gasteiger partial charge in [0.25, 0.3) is 5.91 Å². The summed E-state index contributed by atoms with van der Waals surface area (Å²) in [5.74, 6) is 1.78. The molecule has 3 heterocycles. The Hall–Kier alpha value is -3.09. The summed E-state index contributed by atoms with van der Waals surface area (Å²) in [6.07, 6.45) is 1.55. The highest BCUT2D eigenvalue weighted by molar-refractivity contribution is 5.94. The van der Waals surface area contributed by atoms with Crippen LogP contribution in [-0.4, -0.2) is 60.5 Å². The van der Waals surface area contributed by atoms with Crippen LogP contribution in [0.1, 0.15) is 28.9 Å². The molecule has 1 aromatic carbocycles. The number of hydrogen-bond donors (Lipinski definition) is 0. The van der Waals surface area contributed by atoms with Crippen LogP contribution < -0.4 is 9.47 Å². The van der Waals surface area contributed by atoms with E-state index in [9.17, 15) is 9.59 Å². The number of pyridine rings is 1. The Morgan fingerprint density at radius 2 is 1.76 bits per heavy atom. The molecular weight excluding hydrogens is 370 g/mol. The van der Waals surface area contributed by atoms with Gasteiger partial charge in [-0.25, -0.2) is 4.98 Å². The highest BCUT2D eigenvalue weighted by Crippen LogP contribution is 2.45. The van der Waals surface area contributed by atoms with Crippen LogP contribution in [-0.2, 0) is 4.79 Å². The summed E-state index contributed by atoms with van der Waals surface area (Å²) < 4.78 is 10.3. The fraction of sp³-hybridized carbons (Fsp3) is 0.409. The molecule has 2 aliphatic heterocycles. The molecule has 152 valence electrons. The molecule has 7 nitrogen and oxygen atoms in total. The first-order valence-electron chi connectivity index (χ1n) is 9.72. The summed E-state index contributed by atoms with van der Waals surface area (Å²) in [5, 5.41) is 0. The lowest BCUT2D eigenvalue weighted by Gasteiger charge is -2.29. The SMILES string of the molecule is COc1ccc([C@H]2[C@@H]3CN(C(=O)c4ccc(OC)nc4)C[C@@H]3CN2C(C)=O)cc1. The Labute approximate surface area is 170 Å². The largest absolute Gasteiger partial charge is 0.497 e. The van der Waals surface area contributed by atoms with E-state index in [1.165, 1.54) is 0 Å². The number of aromatic nitrogens is 1. The van der Waals surface area contributed by atoms with Gasteiger partial charge < -0.3 is 19.3 Å². The first-order valence-corrected chi connectivity index (χ1v) is 9.72. The molecule has 4 rings (SSSR count). The number of hydrogen-bond acceptors (Lipinski definition) is 5. The first-order chi connectivity index (χ1) is 14.0. The number of benzene rings is 1. The standard InChI is InChI=1S/C22H25N3O4/c1-14(26)25-12-17-11-24(22(27)16-6-9-20(29-3)23-10-16)13-19(17)21(25)15-4-7-18(28-2)8-5-15/h4-10,17,19,21H,11-13H2,1-3H3/t17-,19-,21+/m1/s1. The predicted octanol–water partition coefficient (Wildman–Crippen LogP) is 2.39. The number of methoxy groups -OCH3 is 2. The third kappa shape index (κ3) is 3.52. The molecule has 2 aliphatic rings. The number of nitrogens with zero attached hydrogens (tertiary/aromatic N) is 3. The molecule has 7 heteroatoms. The summed E-state index contributed by atoms with van der Waals surface area (Å²) in [4.78, 5) is 33.2. The number of amides is 2. The van der Waals surface area contributed by atoms with E-state index in [2.05, 4.69) is 4.98 Å². The fourth-order valence-electron chi connectivity index (χ4n) is 4.57. The molecule has 3 atom stereocenters. The Morgan fingerprint density at radius 1 is 1.00 bits per heavy atom. The van der Waals surface area contributed by atoms with Crippen LogP contribution in [0.25, 0.3) is 0 Å². The van der Waals surface area contributed by atoms with Crippen LogP contribution in [0.5, 0.6) is 11.6 Å². The number of ether oxygens (including phenoxy) is 2. The average Bonchev–Trinajstić information content (AvgIpc) is 3.31. The molecule has 0 N–H and O–H groups in total. The van der Waals surface area contributed by atoms with E-state index < -0.39 is 0 Å². The van der Waals surface area contributed by atoms with Crippen molar-refractivity contribution < 1.29 is 19.1 Å². The fourth-order valence-corrected chi connectivity index (χ4v) is 4.57. The van der Waals surface area contributed by atoms with Crippen molar-refractivity contribution in [3.05, 3.63) is 53.7 Å². The summed E-state index contributed by atoms with van der Waals surface area (Å²) in [6.45, 7) is 3.55. The molecule has 0 radical (unpaired) electrons. The second-order valence-electron chi connectivity index (χ2n) is 7.61. The molecule has 0 bridgehead atoms. The Kier molecular flexibility index (Phi) is 5.13. The quantitative estimate of drug-likeness (QED) is 0.795. The zero-order valence-corrected chi connectivity index (χ0v) is 16.9. The predicted molar refractivity (Wildman–Crippen MR) is 107 cm³/mol. The lowest BCUT2D eigenvalue weighted by atomic mass is 9.89. The lowest BCUT2D eigenvalue weighted by Crippen LogP contribution is -2.36. The van der Waals surface area contributed by atoms with Crippen molar-refractivity contribution in [3.63, 3.8) is 0 Å². The minimum Gasteiger partial charge on any atom is -0.497 e. The van der Waals surface area contributed by atoms with Crippen LogP contribution in [0.2, 0.25) is 0 Å². The van der Waals surface area contributed by atoms with Crippen molar-refractivity contribution in [1.82, 2.24) is 14.8 Å². The second-order valence-corrected chi connectivity index (χ2v) is 7.61. The van der Waals surface area contributed by atoms with Gasteiger partial charge >= 0.3 is 0 Å². The zero-order chi connectivity index (χ0) is 20.5. The number of likely N-dealkylation sites (tertiary alicyclic amines) is 2. The molecule has 0 saturated carbocycles. The van der Waals surface area contributed by atoms with Crippen LogP contribution >= 0.6 is 0 Å². The molecular formula is C22H25N3O4. The van der Waals surface area contributed by atoms with Gasteiger partial charge in [0.05, 0.1) is 25.8 Å². The highest BCUT2D eigenvalue weighted by atomic mass is 16.5. The van der Waals surface area contributed by atoms with Gasteiger partial charge in [0, 0.05) is 50.7 Å². The molecule has 0 spiro atoms. The third-order valence-corrected chi connectivity index (χ3v) is 6.01. The zero-order valence-electron chi connectivity index (χ0n) is 16.9. The van der Waals surface area contributed by atoms with E-state index in [1.807, 2.05) is 34.1 Å². The van der Waals surface area contributed by atoms with Crippen molar-refractivity contribution in [2.45, 2.75) is 13.0 Å². The van der Waals surface area contributed by atoms with E-state index in [-0.39, 0.29) is 29.7 Å². The maximum atomic E-state index is 13.0. The van der Waals surface area contributed by atoms with Crippen molar-refractivity contribution >= 4 is 11.8 Å². The summed E-state index contributed by atoms with van der Waals surface area (Å²) >= 11 is 0. The highest BCUT2D eigenvalue weighted by Gasteiger charge is 2.49. The molecule has 1 aromatic heterocycles. The Bertz CT molecular complexity index is 897. The monoisotopic (exact) mass is 395 g/mol. The second kappa shape index (κ2) is 7.73. The average molecular weight is 395 g/mol. The van der Waals surface area contributed by atoms with Crippen LogP contribution in [0.15, 0.2) is 42.6 Å². The van der Waals surface area contributed by atoms with Crippen molar-refractivity contribution in [1.29, 1.82) is 0 Å². The molecule has 0 unspecified atom stereocenters. The number of carbonyl (C=O) groups is 2. The minimum absolute atomic E-state index is 0.0302. The Balaban J connectivity index is 1.55. The van der Waals surface area contributed by atoms with Gasteiger partial charge in [-0.2, -0.15) is 0 Å². The normalized spacial score (nSPS) is 23.1. The summed E-state index contributed by atoms with van der Waals surface area (Å²) in [5.41, 5.74) is 1.63. The topological polar surface area (TPSA) is 72.0 Å². The smallest absolute Gasteiger partial charge is 0.255 e. The minimum atomic E-state index is -0.0322. The molecule has 0 aliphatic carbocycles. The van der Waals surface area contributed by atoms with Gasteiger partial charge in [-0.05, 0) is 23.8 Å². The van der Waals surface area contributed by atoms with E-state index >= 15 is 0 Å². The third-order valence-electron chi connectivity index (χ3n) is 6.01. The first kappa shape index (κ1) is 19.2. The lowest BCUT2D eigenvalue weighted by molar-refractivity contribution is -0.130. The maximum Gasteiger partial charge on any atom is 0.255 e. The van der Waals surface area contributed by atoms with Gasteiger partial charge in [0.2, 0.25) is 11.8 Å². The number of fused-ring (bicyclic) bond motifs is 1. The van der Waals surface area contributed by atoms with Gasteiger partial charge in [0.15, 0.2) is 0 Å². The van der Waals surface area contributed by atoms with Crippen LogP contribution in [0.3, 0.4) is 0 Å². The van der Waals surface area contributed by atoms with Gasteiger partial charge in [0.1, 0.15) is 5.75 Å². The van der Waals surface area contributed by atoms with Crippen LogP contribution in [0, 0.1) is 11.8 Å². The summed E-state index contributed by atoms with van der Waals surface area (Å²) in [6, 6.07) is 11.3. The Morgan fingerprint density at radius 3 is 2.34 bits per heavy atom. The molecule has 2 fully saturated rings. The molecule has 2 aromatic rings. The van der Waals surface area contributed by atoms with Crippen molar-refractivity contribution in [3.8, 4) is 11.6 Å². The number of carbonyl (C=O) groups excluding carboxylic acids is 2. The van der Waals surface area contributed by atoms with E-state index in [0.717, 1.165) is 11.3 Å². The molecule has 2 amide bonds. The maximum absolute atomic E-state index is 13.0. The summed E-state index contributed by atoms with van der Waals surface area (Å²) in [7, 11) is 3.18. The van der Waals surface area contributed by atoms with Gasteiger partial charge in [-0.1, -0.05) is 12.1 Å². The van der Waals surface area contributed by atoms with E-state index in [0.29, 0.717) is 31.1 Å². The van der Waals surface area contributed by atoms with Gasteiger partial charge in [-0.15, -0.1) is 0 Å². The van der Waals surface area contributed by atoms with Crippen molar-refractivity contribution in [2.75, 3.05) is 33.9 Å². The number of rotatable bonds is 4. The molecule has 2 saturated heterocycles. The van der Waals surface area contributed by atoms with Gasteiger partial charge in [-0.3, -0.25) is 9.59 Å². The van der Waals surface area contributed by atoms with Crippen molar-refractivity contribution in [2.24, 2.45) is 11.8 Å². The van der Waals surface area contributed by atoms with E-state index in [4.69, 9.17) is 9.47 Å². The van der Waals surface area contributed by atoms with Crippen LogP contribution in [0.4, 0.5) is 0 Å².